The Morgan fingerprint density at radius 2 is 2.18 bits per heavy atom. The molecule has 0 amide bonds. The largest absolute Gasteiger partial charge is 0.481 e. The standard InChI is InChI=1S/C14H19NO2/c1-10(14(16)17)9-15-13-7-6-11-4-2-3-5-12(11)8-13/h2-5,10,13,15H,6-9H2,1H3,(H,16,17). The maximum absolute atomic E-state index is 10.7. The summed E-state index contributed by atoms with van der Waals surface area (Å²) in [6, 6.07) is 8.93. The Labute approximate surface area is 102 Å². The van der Waals surface area contributed by atoms with Crippen LogP contribution in [-0.4, -0.2) is 23.7 Å². The van der Waals surface area contributed by atoms with Crippen LogP contribution in [0.2, 0.25) is 0 Å². The average Bonchev–Trinajstić information content (AvgIpc) is 2.35. The molecule has 0 saturated heterocycles. The van der Waals surface area contributed by atoms with Crippen LogP contribution in [-0.2, 0) is 17.6 Å². The van der Waals surface area contributed by atoms with E-state index in [4.69, 9.17) is 5.11 Å². The summed E-state index contributed by atoms with van der Waals surface area (Å²) >= 11 is 0. The number of rotatable bonds is 4. The molecule has 1 aromatic carbocycles. The SMILES string of the molecule is CC(CNC1CCc2ccccc2C1)C(=O)O. The molecule has 1 aliphatic rings. The van der Waals surface area contributed by atoms with E-state index in [9.17, 15) is 4.79 Å². The molecular weight excluding hydrogens is 214 g/mol. The highest BCUT2D eigenvalue weighted by Gasteiger charge is 2.19. The molecule has 2 N–H and O–H groups in total. The summed E-state index contributed by atoms with van der Waals surface area (Å²) < 4.78 is 0. The fourth-order valence-electron chi connectivity index (χ4n) is 2.30. The molecule has 3 nitrogen and oxygen atoms in total. The normalized spacial score (nSPS) is 20.6. The van der Waals surface area contributed by atoms with Crippen molar-refractivity contribution >= 4 is 5.97 Å². The average molecular weight is 233 g/mol. The highest BCUT2D eigenvalue weighted by molar-refractivity contribution is 5.69. The van der Waals surface area contributed by atoms with Gasteiger partial charge in [0.15, 0.2) is 0 Å². The predicted octanol–water partition coefficient (Wildman–Crippen LogP) is 1.85. The van der Waals surface area contributed by atoms with Crippen LogP contribution < -0.4 is 5.32 Å². The number of aryl methyl sites for hydroxylation is 1. The number of benzene rings is 1. The summed E-state index contributed by atoms with van der Waals surface area (Å²) in [5.74, 6) is -1.04. The fraction of sp³-hybridized carbons (Fsp3) is 0.500. The van der Waals surface area contributed by atoms with Crippen molar-refractivity contribution in [2.24, 2.45) is 5.92 Å². The molecular formula is C14H19NO2. The summed E-state index contributed by atoms with van der Waals surface area (Å²) in [4.78, 5) is 10.7. The molecule has 3 heteroatoms. The quantitative estimate of drug-likeness (QED) is 0.834. The first-order chi connectivity index (χ1) is 8.16. The van der Waals surface area contributed by atoms with Gasteiger partial charge in [-0.2, -0.15) is 0 Å². The topological polar surface area (TPSA) is 49.3 Å². The van der Waals surface area contributed by atoms with Gasteiger partial charge in [-0.1, -0.05) is 31.2 Å². The molecule has 0 aliphatic heterocycles. The first kappa shape index (κ1) is 12.1. The molecule has 0 bridgehead atoms. The lowest BCUT2D eigenvalue weighted by molar-refractivity contribution is -0.141. The summed E-state index contributed by atoms with van der Waals surface area (Å²) in [6.07, 6.45) is 3.21. The Morgan fingerprint density at radius 3 is 2.88 bits per heavy atom. The van der Waals surface area contributed by atoms with Gasteiger partial charge in [-0.25, -0.2) is 0 Å². The van der Waals surface area contributed by atoms with Crippen LogP contribution in [0.15, 0.2) is 24.3 Å². The second-order valence-electron chi connectivity index (χ2n) is 4.86. The molecule has 2 rings (SSSR count). The van der Waals surface area contributed by atoms with Crippen LogP contribution >= 0.6 is 0 Å². The van der Waals surface area contributed by atoms with Crippen LogP contribution in [0.1, 0.15) is 24.5 Å². The number of carboxylic acids is 1. The Kier molecular flexibility index (Phi) is 3.79. The number of fused-ring (bicyclic) bond motifs is 1. The summed E-state index contributed by atoms with van der Waals surface area (Å²) in [6.45, 7) is 2.30. The van der Waals surface area contributed by atoms with Gasteiger partial charge in [0.1, 0.15) is 0 Å². The number of carbonyl (C=O) groups is 1. The maximum atomic E-state index is 10.7. The fourth-order valence-corrected chi connectivity index (χ4v) is 2.30. The third-order valence-electron chi connectivity index (χ3n) is 3.48. The lowest BCUT2D eigenvalue weighted by atomic mass is 9.88. The highest BCUT2D eigenvalue weighted by Crippen LogP contribution is 2.21. The molecule has 92 valence electrons. The molecule has 0 heterocycles. The molecule has 0 aromatic heterocycles. The molecule has 1 aliphatic carbocycles. The minimum atomic E-state index is -0.728. The van der Waals surface area contributed by atoms with Crippen molar-refractivity contribution in [3.63, 3.8) is 0 Å². The van der Waals surface area contributed by atoms with Gasteiger partial charge in [0, 0.05) is 12.6 Å². The number of carboxylic acid groups (broad SMARTS) is 1. The summed E-state index contributed by atoms with van der Waals surface area (Å²) in [5.41, 5.74) is 2.84. The number of aliphatic carboxylic acids is 1. The molecule has 0 saturated carbocycles. The van der Waals surface area contributed by atoms with Crippen molar-refractivity contribution in [2.45, 2.75) is 32.2 Å². The minimum absolute atomic E-state index is 0.313. The molecule has 2 unspecified atom stereocenters. The number of nitrogens with one attached hydrogen (secondary N) is 1. The Balaban J connectivity index is 1.88. The van der Waals surface area contributed by atoms with E-state index in [2.05, 4.69) is 29.6 Å². The van der Waals surface area contributed by atoms with Crippen LogP contribution in [0.4, 0.5) is 0 Å². The number of hydrogen-bond donors (Lipinski definition) is 2. The van der Waals surface area contributed by atoms with Crippen molar-refractivity contribution in [1.82, 2.24) is 5.32 Å². The molecule has 17 heavy (non-hydrogen) atoms. The highest BCUT2D eigenvalue weighted by atomic mass is 16.4. The van der Waals surface area contributed by atoms with E-state index in [1.54, 1.807) is 6.92 Å². The second kappa shape index (κ2) is 5.32. The van der Waals surface area contributed by atoms with Crippen LogP contribution in [0.5, 0.6) is 0 Å². The second-order valence-corrected chi connectivity index (χ2v) is 4.86. The first-order valence-corrected chi connectivity index (χ1v) is 6.20. The van der Waals surface area contributed by atoms with Crippen molar-refractivity contribution in [1.29, 1.82) is 0 Å². The van der Waals surface area contributed by atoms with Crippen molar-refractivity contribution in [3.8, 4) is 0 Å². The Morgan fingerprint density at radius 1 is 1.47 bits per heavy atom. The zero-order valence-corrected chi connectivity index (χ0v) is 10.1. The zero-order chi connectivity index (χ0) is 12.3. The maximum Gasteiger partial charge on any atom is 0.307 e. The van der Waals surface area contributed by atoms with Gasteiger partial charge in [0.05, 0.1) is 5.92 Å². The van der Waals surface area contributed by atoms with E-state index in [1.807, 2.05) is 0 Å². The lowest BCUT2D eigenvalue weighted by Crippen LogP contribution is -2.38. The monoisotopic (exact) mass is 233 g/mol. The van der Waals surface area contributed by atoms with Gasteiger partial charge in [-0.15, -0.1) is 0 Å². The van der Waals surface area contributed by atoms with E-state index in [0.717, 1.165) is 19.3 Å². The Bertz CT molecular complexity index is 403. The van der Waals surface area contributed by atoms with Crippen molar-refractivity contribution in [3.05, 3.63) is 35.4 Å². The molecule has 0 radical (unpaired) electrons. The van der Waals surface area contributed by atoms with E-state index in [1.165, 1.54) is 11.1 Å². The Hall–Kier alpha value is -1.35. The smallest absolute Gasteiger partial charge is 0.307 e. The van der Waals surface area contributed by atoms with Gasteiger partial charge < -0.3 is 10.4 Å². The van der Waals surface area contributed by atoms with Gasteiger partial charge in [0.25, 0.3) is 0 Å². The van der Waals surface area contributed by atoms with E-state index in [-0.39, 0.29) is 5.92 Å². The molecule has 1 aromatic rings. The lowest BCUT2D eigenvalue weighted by Gasteiger charge is -2.26. The van der Waals surface area contributed by atoms with E-state index in [0.29, 0.717) is 12.6 Å². The van der Waals surface area contributed by atoms with Gasteiger partial charge in [-0.05, 0) is 30.4 Å². The predicted molar refractivity (Wildman–Crippen MR) is 67.1 cm³/mol. The van der Waals surface area contributed by atoms with Gasteiger partial charge >= 0.3 is 5.97 Å². The van der Waals surface area contributed by atoms with Crippen molar-refractivity contribution in [2.75, 3.05) is 6.54 Å². The van der Waals surface area contributed by atoms with Crippen molar-refractivity contribution < 1.29 is 9.90 Å². The van der Waals surface area contributed by atoms with Crippen LogP contribution in [0.25, 0.3) is 0 Å². The molecule has 0 fully saturated rings. The van der Waals surface area contributed by atoms with E-state index < -0.39 is 5.97 Å². The van der Waals surface area contributed by atoms with Gasteiger partial charge in [0.2, 0.25) is 0 Å². The summed E-state index contributed by atoms with van der Waals surface area (Å²) in [5, 5.41) is 12.2. The first-order valence-electron chi connectivity index (χ1n) is 6.20. The summed E-state index contributed by atoms with van der Waals surface area (Å²) in [7, 11) is 0. The van der Waals surface area contributed by atoms with Crippen LogP contribution in [0.3, 0.4) is 0 Å². The third kappa shape index (κ3) is 3.07. The van der Waals surface area contributed by atoms with E-state index >= 15 is 0 Å². The molecule has 0 spiro atoms. The number of hydrogen-bond acceptors (Lipinski definition) is 2. The van der Waals surface area contributed by atoms with Gasteiger partial charge in [-0.3, -0.25) is 4.79 Å². The molecule has 2 atom stereocenters. The zero-order valence-electron chi connectivity index (χ0n) is 10.1. The third-order valence-corrected chi connectivity index (χ3v) is 3.48. The minimum Gasteiger partial charge on any atom is -0.481 e. The van der Waals surface area contributed by atoms with Crippen LogP contribution in [0, 0.1) is 5.92 Å².